The van der Waals surface area contributed by atoms with Gasteiger partial charge in [-0.3, -0.25) is 9.71 Å². The zero-order valence-electron chi connectivity index (χ0n) is 13.2. The van der Waals surface area contributed by atoms with Gasteiger partial charge in [0.1, 0.15) is 5.82 Å². The molecule has 2 aromatic rings. The molecule has 1 heterocycles. The van der Waals surface area contributed by atoms with E-state index in [1.54, 1.807) is 24.3 Å². The van der Waals surface area contributed by atoms with Crippen molar-refractivity contribution in [3.63, 3.8) is 0 Å². The van der Waals surface area contributed by atoms with Crippen LogP contribution in [0, 0.1) is 5.82 Å². The Morgan fingerprint density at radius 2 is 1.87 bits per heavy atom. The first-order valence-electron chi connectivity index (χ1n) is 7.20. The maximum Gasteiger partial charge on any atom is 0.229 e. The Hall–Kier alpha value is -1.99. The molecule has 0 saturated carbocycles. The zero-order valence-corrected chi connectivity index (χ0v) is 14.1. The van der Waals surface area contributed by atoms with Gasteiger partial charge >= 0.3 is 0 Å². The second-order valence-electron chi connectivity index (χ2n) is 5.51. The molecule has 0 bridgehead atoms. The van der Waals surface area contributed by atoms with E-state index >= 15 is 0 Å². The van der Waals surface area contributed by atoms with Gasteiger partial charge in [0.25, 0.3) is 0 Å². The molecule has 0 saturated heterocycles. The van der Waals surface area contributed by atoms with Crippen LogP contribution < -0.4 is 10.0 Å². The molecule has 0 spiro atoms. The van der Waals surface area contributed by atoms with Crippen LogP contribution in [0.25, 0.3) is 0 Å². The zero-order chi connectivity index (χ0) is 17.0. The lowest BCUT2D eigenvalue weighted by atomic mass is 10.1. The number of hydrogen-bond donors (Lipinski definition) is 2. The summed E-state index contributed by atoms with van der Waals surface area (Å²) >= 11 is 0. The number of halogens is 1. The molecule has 5 nitrogen and oxygen atoms in total. The summed E-state index contributed by atoms with van der Waals surface area (Å²) < 4.78 is 38.0. The number of nitrogens with zero attached hydrogens (tertiary/aromatic N) is 1. The molecule has 2 N–H and O–H groups in total. The van der Waals surface area contributed by atoms with Crippen molar-refractivity contribution >= 4 is 15.7 Å². The van der Waals surface area contributed by atoms with Crippen LogP contribution in [-0.2, 0) is 10.0 Å². The van der Waals surface area contributed by atoms with E-state index in [0.717, 1.165) is 17.5 Å². The number of aromatic nitrogens is 1. The highest BCUT2D eigenvalue weighted by atomic mass is 32.2. The molecule has 0 amide bonds. The summed E-state index contributed by atoms with van der Waals surface area (Å²) in [6.07, 6.45) is 2.30. The third-order valence-corrected chi connectivity index (χ3v) is 3.99. The predicted octanol–water partition coefficient (Wildman–Crippen LogP) is 3.00. The average Bonchev–Trinajstić information content (AvgIpc) is 2.46. The Kier molecular flexibility index (Phi) is 5.33. The number of sulfonamides is 1. The molecule has 0 aliphatic carbocycles. The Bertz CT molecular complexity index is 763. The monoisotopic (exact) mass is 337 g/mol. The van der Waals surface area contributed by atoms with Gasteiger partial charge in [0.15, 0.2) is 0 Å². The fourth-order valence-corrected chi connectivity index (χ4v) is 2.84. The topological polar surface area (TPSA) is 71.1 Å². The molecule has 23 heavy (non-hydrogen) atoms. The van der Waals surface area contributed by atoms with Gasteiger partial charge in [-0.25, -0.2) is 12.8 Å². The van der Waals surface area contributed by atoms with Gasteiger partial charge in [0.05, 0.1) is 18.1 Å². The normalized spacial score (nSPS) is 14.3. The lowest BCUT2D eigenvalue weighted by molar-refractivity contribution is 0.484. The van der Waals surface area contributed by atoms with Crippen LogP contribution in [0.3, 0.4) is 0 Å². The number of benzene rings is 1. The molecular weight excluding hydrogens is 317 g/mol. The molecule has 1 aromatic heterocycles. The minimum Gasteiger partial charge on any atom is -0.302 e. The van der Waals surface area contributed by atoms with Crippen LogP contribution in [0.1, 0.15) is 37.2 Å². The van der Waals surface area contributed by atoms with Crippen molar-refractivity contribution in [2.45, 2.75) is 25.9 Å². The second kappa shape index (κ2) is 7.06. The molecule has 124 valence electrons. The highest BCUT2D eigenvalue weighted by Crippen LogP contribution is 2.21. The van der Waals surface area contributed by atoms with E-state index < -0.39 is 10.0 Å². The Morgan fingerprint density at radius 3 is 2.48 bits per heavy atom. The lowest BCUT2D eigenvalue weighted by Gasteiger charge is -2.20. The predicted molar refractivity (Wildman–Crippen MR) is 89.1 cm³/mol. The van der Waals surface area contributed by atoms with E-state index in [1.807, 2.05) is 19.9 Å². The van der Waals surface area contributed by atoms with Crippen molar-refractivity contribution < 1.29 is 12.8 Å². The number of rotatable bonds is 6. The summed E-state index contributed by atoms with van der Waals surface area (Å²) in [5, 5.41) is 3.36. The quantitative estimate of drug-likeness (QED) is 0.850. The highest BCUT2D eigenvalue weighted by Gasteiger charge is 2.13. The molecule has 2 unspecified atom stereocenters. The van der Waals surface area contributed by atoms with Gasteiger partial charge < -0.3 is 5.32 Å². The van der Waals surface area contributed by atoms with Crippen LogP contribution in [0.2, 0.25) is 0 Å². The van der Waals surface area contributed by atoms with Crippen molar-refractivity contribution in [2.75, 3.05) is 11.0 Å². The maximum atomic E-state index is 12.9. The van der Waals surface area contributed by atoms with Crippen LogP contribution in [-0.4, -0.2) is 19.7 Å². The van der Waals surface area contributed by atoms with E-state index in [0.29, 0.717) is 5.69 Å². The fraction of sp³-hybridized carbons (Fsp3) is 0.312. The van der Waals surface area contributed by atoms with Crippen LogP contribution in [0.5, 0.6) is 0 Å². The Morgan fingerprint density at radius 1 is 1.13 bits per heavy atom. The van der Waals surface area contributed by atoms with Crippen molar-refractivity contribution in [1.82, 2.24) is 10.3 Å². The number of nitrogens with one attached hydrogen (secondary N) is 2. The molecule has 1 aromatic carbocycles. The van der Waals surface area contributed by atoms with Crippen molar-refractivity contribution in [1.29, 1.82) is 0 Å². The minimum atomic E-state index is -3.31. The van der Waals surface area contributed by atoms with Crippen LogP contribution in [0.15, 0.2) is 42.6 Å². The highest BCUT2D eigenvalue weighted by molar-refractivity contribution is 7.92. The molecule has 0 aliphatic rings. The molecule has 0 radical (unpaired) electrons. The smallest absolute Gasteiger partial charge is 0.229 e. The molecular formula is C16H20FN3O2S. The first-order chi connectivity index (χ1) is 10.7. The summed E-state index contributed by atoms with van der Waals surface area (Å²) in [6, 6.07) is 10.1. The molecule has 0 fully saturated rings. The number of hydrogen-bond acceptors (Lipinski definition) is 4. The van der Waals surface area contributed by atoms with Gasteiger partial charge in [0, 0.05) is 17.8 Å². The maximum absolute atomic E-state index is 12.9. The summed E-state index contributed by atoms with van der Waals surface area (Å²) in [5.41, 5.74) is 2.20. The summed E-state index contributed by atoms with van der Waals surface area (Å²) in [6.45, 7) is 3.91. The first kappa shape index (κ1) is 17.4. The van der Waals surface area contributed by atoms with E-state index in [4.69, 9.17) is 0 Å². The summed E-state index contributed by atoms with van der Waals surface area (Å²) in [4.78, 5) is 4.06. The van der Waals surface area contributed by atoms with Crippen molar-refractivity contribution in [3.05, 3.63) is 59.7 Å². The van der Waals surface area contributed by atoms with Gasteiger partial charge in [-0.05, 0) is 43.7 Å². The summed E-state index contributed by atoms with van der Waals surface area (Å²) in [7, 11) is -3.31. The van der Waals surface area contributed by atoms with Gasteiger partial charge in [0.2, 0.25) is 10.0 Å². The van der Waals surface area contributed by atoms with E-state index in [9.17, 15) is 12.8 Å². The van der Waals surface area contributed by atoms with Crippen molar-refractivity contribution in [3.8, 4) is 0 Å². The largest absolute Gasteiger partial charge is 0.302 e. The van der Waals surface area contributed by atoms with E-state index in [-0.39, 0.29) is 17.9 Å². The third-order valence-electron chi connectivity index (χ3n) is 3.38. The molecule has 0 aliphatic heterocycles. The molecule has 7 heteroatoms. The Labute approximate surface area is 136 Å². The van der Waals surface area contributed by atoms with Crippen LogP contribution >= 0.6 is 0 Å². The third kappa shape index (κ3) is 5.30. The van der Waals surface area contributed by atoms with Crippen molar-refractivity contribution in [2.24, 2.45) is 0 Å². The second-order valence-corrected chi connectivity index (χ2v) is 7.26. The number of pyridine rings is 1. The number of anilines is 1. The van der Waals surface area contributed by atoms with Gasteiger partial charge in [-0.2, -0.15) is 0 Å². The molecule has 2 atom stereocenters. The van der Waals surface area contributed by atoms with Gasteiger partial charge in [-0.1, -0.05) is 12.1 Å². The van der Waals surface area contributed by atoms with E-state index in [1.165, 1.54) is 12.3 Å². The van der Waals surface area contributed by atoms with E-state index in [2.05, 4.69) is 15.0 Å². The average molecular weight is 337 g/mol. The molecule has 2 rings (SSSR count). The van der Waals surface area contributed by atoms with Crippen LogP contribution in [0.4, 0.5) is 10.1 Å². The lowest BCUT2D eigenvalue weighted by Crippen LogP contribution is -2.23. The Balaban J connectivity index is 2.09. The van der Waals surface area contributed by atoms with Gasteiger partial charge in [-0.15, -0.1) is 0 Å². The SMILES string of the molecule is CC(NC(C)c1ccc(F)cn1)c1cccc(NS(C)(=O)=O)c1. The fourth-order valence-electron chi connectivity index (χ4n) is 2.29. The first-order valence-corrected chi connectivity index (χ1v) is 9.09. The summed E-state index contributed by atoms with van der Waals surface area (Å²) in [5.74, 6) is -0.367. The minimum absolute atomic E-state index is 0.0295. The standard InChI is InChI=1S/C16H20FN3O2S/c1-11(19-12(2)16-8-7-14(17)10-18-16)13-5-4-6-15(9-13)20-23(3,21)22/h4-12,19-20H,1-3H3.